The minimum atomic E-state index is -1.48. The maximum absolute atomic E-state index is 11.8. The number of hydrogen-bond acceptors (Lipinski definition) is 3. The molecule has 0 spiro atoms. The van der Waals surface area contributed by atoms with Crippen molar-refractivity contribution in [3.63, 3.8) is 0 Å². The first-order valence-electron chi connectivity index (χ1n) is 6.38. The molecule has 0 saturated carbocycles. The Balaban J connectivity index is 2.63. The van der Waals surface area contributed by atoms with Crippen LogP contribution in [0, 0.1) is 12.8 Å². The topological polar surface area (TPSA) is 107 Å². The van der Waals surface area contributed by atoms with E-state index in [9.17, 15) is 14.4 Å². The molecule has 1 unspecified atom stereocenters. The molecule has 1 rings (SSSR count). The molecule has 0 fully saturated rings. The Labute approximate surface area is 122 Å². The summed E-state index contributed by atoms with van der Waals surface area (Å²) in [7, 11) is 0. The van der Waals surface area contributed by atoms with Gasteiger partial charge in [-0.2, -0.15) is 0 Å². The van der Waals surface area contributed by atoms with Gasteiger partial charge in [-0.05, 0) is 12.5 Å². The molecule has 7 nitrogen and oxygen atoms in total. The lowest BCUT2D eigenvalue weighted by molar-refractivity contribution is -0.141. The zero-order valence-electron chi connectivity index (χ0n) is 11.9. The van der Waals surface area contributed by atoms with Crippen molar-refractivity contribution in [2.24, 2.45) is 5.92 Å². The van der Waals surface area contributed by atoms with Gasteiger partial charge in [0.25, 0.3) is 0 Å². The Morgan fingerprint density at radius 1 is 1.19 bits per heavy atom. The van der Waals surface area contributed by atoms with Crippen molar-refractivity contribution >= 4 is 18.1 Å². The van der Waals surface area contributed by atoms with Gasteiger partial charge in [0.2, 0.25) is 0 Å². The summed E-state index contributed by atoms with van der Waals surface area (Å²) in [5.41, 5.74) is 1.90. The Kier molecular flexibility index (Phi) is 5.71. The summed E-state index contributed by atoms with van der Waals surface area (Å²) in [6.07, 6.45) is -1.48. The SMILES string of the molecule is Cc1ccc(CNC(=O)N(CC(C)C(=O)O)C(=O)O)cc1. The summed E-state index contributed by atoms with van der Waals surface area (Å²) in [5, 5.41) is 20.2. The monoisotopic (exact) mass is 294 g/mol. The number of carboxylic acid groups (broad SMARTS) is 2. The molecule has 0 aliphatic rings. The van der Waals surface area contributed by atoms with E-state index >= 15 is 0 Å². The molecule has 7 heteroatoms. The van der Waals surface area contributed by atoms with Gasteiger partial charge in [0.05, 0.1) is 5.92 Å². The third-order valence-electron chi connectivity index (χ3n) is 2.92. The number of nitrogens with zero attached hydrogens (tertiary/aromatic N) is 1. The number of imide groups is 1. The lowest BCUT2D eigenvalue weighted by atomic mass is 10.1. The van der Waals surface area contributed by atoms with Gasteiger partial charge in [-0.25, -0.2) is 14.5 Å². The van der Waals surface area contributed by atoms with Crippen LogP contribution >= 0.6 is 0 Å². The third kappa shape index (κ3) is 5.13. The number of rotatable bonds is 5. The van der Waals surface area contributed by atoms with Crippen molar-refractivity contribution < 1.29 is 24.6 Å². The van der Waals surface area contributed by atoms with Crippen molar-refractivity contribution in [3.8, 4) is 0 Å². The van der Waals surface area contributed by atoms with Gasteiger partial charge in [-0.3, -0.25) is 4.79 Å². The van der Waals surface area contributed by atoms with E-state index in [-0.39, 0.29) is 6.54 Å². The van der Waals surface area contributed by atoms with E-state index in [0.717, 1.165) is 11.1 Å². The van der Waals surface area contributed by atoms with Crippen LogP contribution in [0.3, 0.4) is 0 Å². The van der Waals surface area contributed by atoms with Crippen molar-refractivity contribution in [1.82, 2.24) is 10.2 Å². The summed E-state index contributed by atoms with van der Waals surface area (Å²) in [4.78, 5) is 34.1. The number of amides is 3. The normalized spacial score (nSPS) is 11.5. The summed E-state index contributed by atoms with van der Waals surface area (Å²) in [6, 6.07) is 6.56. The number of benzene rings is 1. The number of nitrogens with one attached hydrogen (secondary N) is 1. The molecule has 1 atom stereocenters. The van der Waals surface area contributed by atoms with Crippen LogP contribution in [0.2, 0.25) is 0 Å². The summed E-state index contributed by atoms with van der Waals surface area (Å²) >= 11 is 0. The Morgan fingerprint density at radius 2 is 1.76 bits per heavy atom. The minimum Gasteiger partial charge on any atom is -0.481 e. The molecular weight excluding hydrogens is 276 g/mol. The first kappa shape index (κ1) is 16.5. The van der Waals surface area contributed by atoms with E-state index in [1.807, 2.05) is 31.2 Å². The van der Waals surface area contributed by atoms with Gasteiger partial charge in [-0.15, -0.1) is 0 Å². The molecular formula is C14H18N2O5. The molecule has 3 N–H and O–H groups in total. The van der Waals surface area contributed by atoms with E-state index in [4.69, 9.17) is 10.2 Å². The van der Waals surface area contributed by atoms with Gasteiger partial charge >= 0.3 is 18.1 Å². The van der Waals surface area contributed by atoms with E-state index in [1.165, 1.54) is 6.92 Å². The molecule has 1 aromatic carbocycles. The number of aryl methyl sites for hydroxylation is 1. The second-order valence-electron chi connectivity index (χ2n) is 4.78. The van der Waals surface area contributed by atoms with Gasteiger partial charge in [0.15, 0.2) is 0 Å². The first-order valence-corrected chi connectivity index (χ1v) is 6.38. The highest BCUT2D eigenvalue weighted by molar-refractivity contribution is 5.90. The number of carbonyl (C=O) groups is 3. The van der Waals surface area contributed by atoms with Crippen molar-refractivity contribution in [2.45, 2.75) is 20.4 Å². The van der Waals surface area contributed by atoms with Crippen molar-refractivity contribution in [3.05, 3.63) is 35.4 Å². The molecule has 3 amide bonds. The zero-order chi connectivity index (χ0) is 16.0. The maximum atomic E-state index is 11.8. The maximum Gasteiger partial charge on any atom is 0.415 e. The van der Waals surface area contributed by atoms with Crippen LogP contribution in [0.15, 0.2) is 24.3 Å². The molecule has 0 aromatic heterocycles. The third-order valence-corrected chi connectivity index (χ3v) is 2.92. The van der Waals surface area contributed by atoms with Crippen LogP contribution in [0.25, 0.3) is 0 Å². The number of urea groups is 1. The van der Waals surface area contributed by atoms with Crippen LogP contribution in [-0.2, 0) is 11.3 Å². The highest BCUT2D eigenvalue weighted by Gasteiger charge is 2.25. The van der Waals surface area contributed by atoms with Gasteiger partial charge in [-0.1, -0.05) is 36.8 Å². The lowest BCUT2D eigenvalue weighted by Gasteiger charge is -2.20. The van der Waals surface area contributed by atoms with Gasteiger partial charge in [0, 0.05) is 13.1 Å². The molecule has 114 valence electrons. The van der Waals surface area contributed by atoms with E-state index in [2.05, 4.69) is 5.32 Å². The lowest BCUT2D eigenvalue weighted by Crippen LogP contribution is -2.45. The summed E-state index contributed by atoms with van der Waals surface area (Å²) in [6.45, 7) is 3.04. The molecule has 0 saturated heterocycles. The van der Waals surface area contributed by atoms with Crippen LogP contribution in [0.5, 0.6) is 0 Å². The van der Waals surface area contributed by atoms with Crippen LogP contribution in [0.4, 0.5) is 9.59 Å². The van der Waals surface area contributed by atoms with Crippen molar-refractivity contribution in [2.75, 3.05) is 6.54 Å². The predicted octanol–water partition coefficient (Wildman–Crippen LogP) is 1.91. The fourth-order valence-electron chi connectivity index (χ4n) is 1.58. The molecule has 0 radical (unpaired) electrons. The molecule has 0 bridgehead atoms. The van der Waals surface area contributed by atoms with E-state index < -0.39 is 30.6 Å². The fourth-order valence-corrected chi connectivity index (χ4v) is 1.58. The Morgan fingerprint density at radius 3 is 2.24 bits per heavy atom. The zero-order valence-corrected chi connectivity index (χ0v) is 11.9. The smallest absolute Gasteiger partial charge is 0.415 e. The summed E-state index contributed by atoms with van der Waals surface area (Å²) in [5.74, 6) is -2.13. The highest BCUT2D eigenvalue weighted by Crippen LogP contribution is 2.05. The predicted molar refractivity (Wildman–Crippen MR) is 74.9 cm³/mol. The largest absolute Gasteiger partial charge is 0.481 e. The fraction of sp³-hybridized carbons (Fsp3) is 0.357. The quantitative estimate of drug-likeness (QED) is 0.769. The number of carbonyl (C=O) groups excluding carboxylic acids is 1. The number of hydrogen-bond donors (Lipinski definition) is 3. The average molecular weight is 294 g/mol. The minimum absolute atomic E-state index is 0.171. The first-order chi connectivity index (χ1) is 9.81. The average Bonchev–Trinajstić information content (AvgIpc) is 2.43. The van der Waals surface area contributed by atoms with Crippen molar-refractivity contribution in [1.29, 1.82) is 0 Å². The van der Waals surface area contributed by atoms with Gasteiger partial charge < -0.3 is 15.5 Å². The number of aliphatic carboxylic acids is 1. The van der Waals surface area contributed by atoms with Crippen LogP contribution in [0.1, 0.15) is 18.1 Å². The molecule has 0 heterocycles. The molecule has 0 aliphatic carbocycles. The standard InChI is InChI=1S/C14H18N2O5/c1-9-3-5-11(6-4-9)7-15-13(19)16(14(20)21)8-10(2)12(17)18/h3-6,10H,7-8H2,1-2H3,(H,15,19)(H,17,18)(H,20,21). The van der Waals surface area contributed by atoms with E-state index in [0.29, 0.717) is 4.90 Å². The number of carboxylic acids is 1. The summed E-state index contributed by atoms with van der Waals surface area (Å²) < 4.78 is 0. The highest BCUT2D eigenvalue weighted by atomic mass is 16.4. The second-order valence-corrected chi connectivity index (χ2v) is 4.78. The van der Waals surface area contributed by atoms with Crippen LogP contribution < -0.4 is 5.32 Å². The molecule has 21 heavy (non-hydrogen) atoms. The molecule has 1 aromatic rings. The second kappa shape index (κ2) is 7.28. The molecule has 0 aliphatic heterocycles. The van der Waals surface area contributed by atoms with Gasteiger partial charge in [0.1, 0.15) is 0 Å². The van der Waals surface area contributed by atoms with E-state index in [1.54, 1.807) is 0 Å². The Bertz CT molecular complexity index is 527. The Hall–Kier alpha value is -2.57. The van der Waals surface area contributed by atoms with Crippen LogP contribution in [-0.4, -0.2) is 39.8 Å².